The molecule has 0 fully saturated rings. The van der Waals surface area contributed by atoms with Crippen LogP contribution in [0.15, 0.2) is 18.2 Å². The zero-order chi connectivity index (χ0) is 13.7. The van der Waals surface area contributed by atoms with Crippen molar-refractivity contribution >= 4 is 11.9 Å². The van der Waals surface area contributed by atoms with E-state index in [2.05, 4.69) is 4.74 Å². The van der Waals surface area contributed by atoms with Gasteiger partial charge in [0.15, 0.2) is 0 Å². The van der Waals surface area contributed by atoms with Crippen LogP contribution in [0.1, 0.15) is 15.9 Å². The third kappa shape index (κ3) is 3.21. The van der Waals surface area contributed by atoms with Gasteiger partial charge >= 0.3 is 11.9 Å². The van der Waals surface area contributed by atoms with Crippen molar-refractivity contribution in [1.82, 2.24) is 0 Å². The quantitative estimate of drug-likeness (QED) is 0.738. The Morgan fingerprint density at radius 1 is 1.39 bits per heavy atom. The molecule has 0 radical (unpaired) electrons. The van der Waals surface area contributed by atoms with Gasteiger partial charge in [-0.2, -0.15) is 0 Å². The molecule has 0 saturated heterocycles. The van der Waals surface area contributed by atoms with E-state index < -0.39 is 18.0 Å². The molecule has 0 aliphatic heterocycles. The van der Waals surface area contributed by atoms with Crippen molar-refractivity contribution in [2.24, 2.45) is 5.73 Å². The summed E-state index contributed by atoms with van der Waals surface area (Å²) in [5, 5.41) is 8.90. The van der Waals surface area contributed by atoms with Gasteiger partial charge in [0.25, 0.3) is 0 Å². The summed E-state index contributed by atoms with van der Waals surface area (Å²) in [5.74, 6) is -1.12. The monoisotopic (exact) mass is 253 g/mol. The minimum atomic E-state index is -1.05. The van der Waals surface area contributed by atoms with Crippen LogP contribution in [-0.2, 0) is 16.0 Å². The highest BCUT2D eigenvalue weighted by atomic mass is 16.5. The van der Waals surface area contributed by atoms with Gasteiger partial charge in [-0.05, 0) is 23.8 Å². The maximum absolute atomic E-state index is 11.2. The third-order valence-corrected chi connectivity index (χ3v) is 2.47. The molecule has 0 aromatic heterocycles. The Balaban J connectivity index is 3.01. The molecule has 0 aliphatic rings. The smallest absolute Gasteiger partial charge is 0.335 e. The highest BCUT2D eigenvalue weighted by Crippen LogP contribution is 2.21. The Hall–Kier alpha value is -2.08. The summed E-state index contributed by atoms with van der Waals surface area (Å²) < 4.78 is 9.61. The van der Waals surface area contributed by atoms with E-state index in [0.29, 0.717) is 11.3 Å². The fraction of sp³-hybridized carbons (Fsp3) is 0.333. The fourth-order valence-electron chi connectivity index (χ4n) is 1.54. The number of hydrogen-bond donors (Lipinski definition) is 2. The zero-order valence-electron chi connectivity index (χ0n) is 10.2. The number of methoxy groups -OCH3 is 2. The summed E-state index contributed by atoms with van der Waals surface area (Å²) in [7, 11) is 2.70. The molecule has 3 N–H and O–H groups in total. The lowest BCUT2D eigenvalue weighted by molar-refractivity contribution is -0.142. The Bertz CT molecular complexity index is 458. The number of carboxylic acids is 1. The van der Waals surface area contributed by atoms with Gasteiger partial charge in [0.2, 0.25) is 0 Å². The van der Waals surface area contributed by atoms with Crippen LogP contribution in [0.5, 0.6) is 5.75 Å². The van der Waals surface area contributed by atoms with Crippen molar-refractivity contribution in [3.8, 4) is 5.75 Å². The average Bonchev–Trinajstić information content (AvgIpc) is 2.37. The maximum Gasteiger partial charge on any atom is 0.335 e. The lowest BCUT2D eigenvalue weighted by atomic mass is 10.0. The van der Waals surface area contributed by atoms with Crippen LogP contribution < -0.4 is 10.5 Å². The van der Waals surface area contributed by atoms with Gasteiger partial charge in [0.1, 0.15) is 11.8 Å². The molecule has 0 heterocycles. The van der Waals surface area contributed by atoms with Crippen LogP contribution in [-0.4, -0.2) is 37.3 Å². The summed E-state index contributed by atoms with van der Waals surface area (Å²) in [4.78, 5) is 22.1. The molecule has 0 saturated carbocycles. The van der Waals surface area contributed by atoms with E-state index >= 15 is 0 Å². The predicted molar refractivity (Wildman–Crippen MR) is 63.6 cm³/mol. The molecule has 6 heteroatoms. The number of nitrogens with two attached hydrogens (primary N) is 1. The standard InChI is InChI=1S/C12H15NO5/c1-17-10-4-3-7(11(14)15)5-8(10)6-9(13)12(16)18-2/h3-5,9H,6,13H2,1-2H3,(H,14,15)/t9-/m0/s1. The number of esters is 1. The van der Waals surface area contributed by atoms with Gasteiger partial charge in [0, 0.05) is 6.42 Å². The molecular weight excluding hydrogens is 238 g/mol. The second-order valence-corrected chi connectivity index (χ2v) is 3.67. The summed E-state index contributed by atoms with van der Waals surface area (Å²) in [6, 6.07) is 3.54. The van der Waals surface area contributed by atoms with Gasteiger partial charge in [-0.25, -0.2) is 4.79 Å². The molecule has 0 bridgehead atoms. The molecule has 0 amide bonds. The van der Waals surface area contributed by atoms with Gasteiger partial charge in [-0.3, -0.25) is 4.79 Å². The number of rotatable bonds is 5. The van der Waals surface area contributed by atoms with E-state index in [9.17, 15) is 9.59 Å². The molecule has 1 aromatic carbocycles. The summed E-state index contributed by atoms with van der Waals surface area (Å²) in [6.45, 7) is 0. The first-order valence-corrected chi connectivity index (χ1v) is 5.23. The highest BCUT2D eigenvalue weighted by molar-refractivity contribution is 5.88. The Labute approximate surface area is 104 Å². The van der Waals surface area contributed by atoms with Gasteiger partial charge in [0.05, 0.1) is 19.8 Å². The van der Waals surface area contributed by atoms with E-state index in [1.54, 1.807) is 0 Å². The highest BCUT2D eigenvalue weighted by Gasteiger charge is 2.18. The zero-order valence-corrected chi connectivity index (χ0v) is 10.2. The molecule has 18 heavy (non-hydrogen) atoms. The molecule has 1 rings (SSSR count). The third-order valence-electron chi connectivity index (χ3n) is 2.47. The molecule has 6 nitrogen and oxygen atoms in total. The lowest BCUT2D eigenvalue weighted by Gasteiger charge is -2.13. The largest absolute Gasteiger partial charge is 0.496 e. The van der Waals surface area contributed by atoms with Crippen LogP contribution in [0.2, 0.25) is 0 Å². The van der Waals surface area contributed by atoms with Crippen LogP contribution in [0.3, 0.4) is 0 Å². The molecular formula is C12H15NO5. The number of carbonyl (C=O) groups is 2. The van der Waals surface area contributed by atoms with E-state index in [1.807, 2.05) is 0 Å². The first kappa shape index (κ1) is 14.0. The normalized spacial score (nSPS) is 11.7. The van der Waals surface area contributed by atoms with Crippen molar-refractivity contribution in [1.29, 1.82) is 0 Å². The van der Waals surface area contributed by atoms with Crippen molar-refractivity contribution in [3.05, 3.63) is 29.3 Å². The minimum Gasteiger partial charge on any atom is -0.496 e. The van der Waals surface area contributed by atoms with Crippen molar-refractivity contribution in [3.63, 3.8) is 0 Å². The lowest BCUT2D eigenvalue weighted by Crippen LogP contribution is -2.33. The molecule has 0 unspecified atom stereocenters. The van der Waals surface area contributed by atoms with Gasteiger partial charge < -0.3 is 20.3 Å². The molecule has 0 spiro atoms. The Kier molecular flexibility index (Phi) is 4.67. The SMILES string of the molecule is COC(=O)[C@@H](N)Cc1cc(C(=O)O)ccc1OC. The summed E-state index contributed by atoms with van der Waals surface area (Å²) in [5.41, 5.74) is 6.30. The van der Waals surface area contributed by atoms with Gasteiger partial charge in [-0.1, -0.05) is 0 Å². The second-order valence-electron chi connectivity index (χ2n) is 3.67. The van der Waals surface area contributed by atoms with Crippen molar-refractivity contribution < 1.29 is 24.2 Å². The number of carbonyl (C=O) groups excluding carboxylic acids is 1. The van der Waals surface area contributed by atoms with E-state index in [-0.39, 0.29) is 12.0 Å². The van der Waals surface area contributed by atoms with Crippen molar-refractivity contribution in [2.75, 3.05) is 14.2 Å². The number of hydrogen-bond acceptors (Lipinski definition) is 5. The molecule has 1 atom stereocenters. The van der Waals surface area contributed by atoms with Crippen molar-refractivity contribution in [2.45, 2.75) is 12.5 Å². The Morgan fingerprint density at radius 2 is 2.06 bits per heavy atom. The minimum absolute atomic E-state index is 0.114. The number of aromatic carboxylic acids is 1. The number of ether oxygens (including phenoxy) is 2. The van der Waals surface area contributed by atoms with Crippen LogP contribution in [0.4, 0.5) is 0 Å². The molecule has 98 valence electrons. The van der Waals surface area contributed by atoms with Crippen LogP contribution in [0.25, 0.3) is 0 Å². The number of carboxylic acid groups (broad SMARTS) is 1. The van der Waals surface area contributed by atoms with E-state index in [1.165, 1.54) is 32.4 Å². The average molecular weight is 253 g/mol. The van der Waals surface area contributed by atoms with E-state index in [0.717, 1.165) is 0 Å². The first-order chi connectivity index (χ1) is 8.49. The second kappa shape index (κ2) is 6.02. The predicted octanol–water partition coefficient (Wildman–Crippen LogP) is 0.436. The molecule has 0 aliphatic carbocycles. The number of benzene rings is 1. The van der Waals surface area contributed by atoms with E-state index in [4.69, 9.17) is 15.6 Å². The summed E-state index contributed by atoms with van der Waals surface area (Å²) in [6.07, 6.45) is 0.150. The summed E-state index contributed by atoms with van der Waals surface area (Å²) >= 11 is 0. The molecule has 1 aromatic rings. The van der Waals surface area contributed by atoms with Gasteiger partial charge in [-0.15, -0.1) is 0 Å². The Morgan fingerprint density at radius 3 is 2.56 bits per heavy atom. The van der Waals surface area contributed by atoms with Crippen LogP contribution in [0, 0.1) is 0 Å². The topological polar surface area (TPSA) is 98.9 Å². The maximum atomic E-state index is 11.2. The van der Waals surface area contributed by atoms with Crippen LogP contribution >= 0.6 is 0 Å². The fourth-order valence-corrected chi connectivity index (χ4v) is 1.54. The first-order valence-electron chi connectivity index (χ1n) is 5.23.